The highest BCUT2D eigenvalue weighted by atomic mass is 16.8. The van der Waals surface area contributed by atoms with E-state index in [9.17, 15) is 24.9 Å². The number of ketones is 2. The van der Waals surface area contributed by atoms with Crippen molar-refractivity contribution in [1.29, 1.82) is 0 Å². The number of carbonyl (C=O) groups is 2. The minimum absolute atomic E-state index is 0.00127. The zero-order valence-corrected chi connectivity index (χ0v) is 60.7. The first-order valence-electron chi connectivity index (χ1n) is 40.1. The molecule has 20 saturated heterocycles. The SMILES string of the molecule is C=C1C[C@@H]2CC[C@@]34C[C@H]5O[C@H]6[C@@H](O3)[C@H]3OC(CC[C@@H]3O[C@H]6[C@H]5O4)CC(=O)C[C@@H]3[C@@H](C)[C@@H](C[C@H](O)CN)O[C@H]3CC3O[C@@H](CCC1O2)C[C@@H](C)C3=C.C=C1C[C@@H]2CC[C@@]34C[C@H]5O[C@H]6[C@@H](O3)[C@H]3OC(CC[C@@H]3O[C@H]6[C@H]5O4)CC(=O)C[C@@H]3[C@@H](C)[C@@H](C[C@H](O)CO)O[C@H]3CC3O[C@@H](CCC1O2)C[C@@H](C)C3=C. The lowest BCUT2D eigenvalue weighted by Gasteiger charge is -2.47. The monoisotopic (exact) mass is 1430 g/mol. The van der Waals surface area contributed by atoms with Gasteiger partial charge in [-0.05, 0) is 148 Å². The number of carbonyl (C=O) groups excluding carboxylic acids is 2. The predicted molar refractivity (Wildman–Crippen MR) is 367 cm³/mol. The van der Waals surface area contributed by atoms with Crippen molar-refractivity contribution in [2.24, 2.45) is 41.2 Å². The summed E-state index contributed by atoms with van der Waals surface area (Å²) in [5, 5.41) is 30.5. The average molecular weight is 1430 g/mol. The third-order valence-electron chi connectivity index (χ3n) is 28.3. The summed E-state index contributed by atoms with van der Waals surface area (Å²) >= 11 is 0. The van der Waals surface area contributed by atoms with Gasteiger partial charge in [-0.1, -0.05) is 54.0 Å². The van der Waals surface area contributed by atoms with Crippen LogP contribution in [0, 0.1) is 35.5 Å². The van der Waals surface area contributed by atoms with Gasteiger partial charge in [-0.25, -0.2) is 0 Å². The Morgan fingerprint density at radius 2 is 0.794 bits per heavy atom. The number of rotatable bonds is 6. The molecule has 20 rings (SSSR count). The Morgan fingerprint density at radius 3 is 1.24 bits per heavy atom. The fourth-order valence-electron chi connectivity index (χ4n) is 22.5. The number of Topliss-reactive ketones (excluding diaryl/α,β-unsaturated/α-hetero) is 2. The van der Waals surface area contributed by atoms with Gasteiger partial charge < -0.3 is 96.8 Å². The van der Waals surface area contributed by atoms with Crippen molar-refractivity contribution < 1.29 is 101 Å². The lowest BCUT2D eigenvalue weighted by Crippen LogP contribution is -2.61. The first-order chi connectivity index (χ1) is 49.1. The highest BCUT2D eigenvalue weighted by Crippen LogP contribution is 2.57. The van der Waals surface area contributed by atoms with Crippen LogP contribution in [-0.2, 0) is 85.4 Å². The van der Waals surface area contributed by atoms with E-state index < -0.39 is 23.8 Å². The fourth-order valence-corrected chi connectivity index (χ4v) is 22.5. The Labute approximate surface area is 602 Å². The Balaban J connectivity index is 0.000000152. The van der Waals surface area contributed by atoms with Gasteiger partial charge in [0.05, 0.1) is 129 Å². The summed E-state index contributed by atoms with van der Waals surface area (Å²) in [7, 11) is 0. The molecule has 102 heavy (non-hydrogen) atoms. The number of aliphatic hydroxyl groups is 3. The topological polar surface area (TPSA) is 269 Å². The van der Waals surface area contributed by atoms with E-state index >= 15 is 0 Å². The quantitative estimate of drug-likeness (QED) is 0.183. The molecule has 20 aliphatic rings. The van der Waals surface area contributed by atoms with Gasteiger partial charge in [0.1, 0.15) is 72.6 Å². The van der Waals surface area contributed by atoms with Crippen molar-refractivity contribution in [2.75, 3.05) is 13.2 Å². The van der Waals surface area contributed by atoms with Crippen LogP contribution < -0.4 is 5.73 Å². The van der Waals surface area contributed by atoms with Crippen molar-refractivity contribution in [1.82, 2.24) is 0 Å². The molecular formula is C80H117NO21. The van der Waals surface area contributed by atoms with Gasteiger partial charge in [0.15, 0.2) is 11.6 Å². The van der Waals surface area contributed by atoms with Gasteiger partial charge in [-0.2, -0.15) is 0 Å². The Kier molecular flexibility index (Phi) is 20.6. The first-order valence-corrected chi connectivity index (χ1v) is 40.1. The van der Waals surface area contributed by atoms with Gasteiger partial charge in [0, 0.05) is 83.6 Å². The van der Waals surface area contributed by atoms with Gasteiger partial charge >= 0.3 is 0 Å². The number of ether oxygens (including phenoxy) is 16. The summed E-state index contributed by atoms with van der Waals surface area (Å²) < 4.78 is 108. The molecule has 22 heteroatoms. The molecule has 0 aromatic heterocycles. The van der Waals surface area contributed by atoms with Crippen LogP contribution in [0.1, 0.15) is 195 Å². The highest BCUT2D eigenvalue weighted by Gasteiger charge is 2.71. The van der Waals surface area contributed by atoms with Crippen molar-refractivity contribution in [3.63, 3.8) is 0 Å². The number of fused-ring (bicyclic) bond motifs is 12. The molecule has 20 fully saturated rings. The molecule has 38 atom stereocenters. The summed E-state index contributed by atoms with van der Waals surface area (Å²) in [4.78, 5) is 28.0. The molecule has 568 valence electrons. The van der Waals surface area contributed by atoms with Crippen molar-refractivity contribution in [3.8, 4) is 0 Å². The van der Waals surface area contributed by atoms with E-state index in [0.717, 1.165) is 112 Å². The number of aliphatic hydroxyl groups excluding tert-OH is 3. The van der Waals surface area contributed by atoms with E-state index in [1.165, 1.54) is 0 Å². The molecule has 0 aromatic carbocycles. The first kappa shape index (κ1) is 72.4. The third-order valence-corrected chi connectivity index (χ3v) is 28.3. The standard InChI is InChI=1S/C40H59NO10.C40H58O11/c2*1-19-11-25-5-7-29-20(2)12-27(44-29)9-10-40-17-34-36(50-40)37-38(49-34)39(51-40)35-30(48-37)8-6-26(46-35)13-23(42)14-28-22(4)31(15-24(43)18-41)47-33(28)16-32(45-25)21(19)3/h19,22,24-39,43H,2-3,5-18,41H2,1,4H3;19,22,24-39,41,43H,2-3,5-18H2,1,4H3/t2*19-,22-,24+,25+,26?,27+,28-,29?,30+,31-,32?,33+,34-,35+,36+,37+,38-,39+,40+/m11/s1. The van der Waals surface area contributed by atoms with Crippen LogP contribution in [0.5, 0.6) is 0 Å². The third kappa shape index (κ3) is 13.9. The van der Waals surface area contributed by atoms with Crippen LogP contribution in [-0.4, -0.2) is 235 Å². The summed E-state index contributed by atoms with van der Waals surface area (Å²) in [6.07, 6.45) is 12.1. The minimum Gasteiger partial charge on any atom is -0.394 e. The second kappa shape index (κ2) is 29.1. The molecule has 0 amide bonds. The van der Waals surface area contributed by atoms with Crippen molar-refractivity contribution in [2.45, 2.75) is 389 Å². The molecule has 22 nitrogen and oxygen atoms in total. The van der Waals surface area contributed by atoms with E-state index in [2.05, 4.69) is 54.0 Å². The normalized spacial score (nSPS) is 53.2. The average Bonchev–Trinajstić information content (AvgIpc) is 1.54. The Hall–Kier alpha value is -2.50. The van der Waals surface area contributed by atoms with Crippen molar-refractivity contribution >= 4 is 11.6 Å². The summed E-state index contributed by atoms with van der Waals surface area (Å²) in [6, 6.07) is 0. The molecule has 6 unspecified atom stereocenters. The molecule has 2 spiro atoms. The lowest BCUT2D eigenvalue weighted by molar-refractivity contribution is -0.292. The minimum atomic E-state index is -0.872. The summed E-state index contributed by atoms with van der Waals surface area (Å²) in [5.41, 5.74) is 10.3. The Bertz CT molecular complexity index is 2920. The number of hydrogen-bond donors (Lipinski definition) is 4. The van der Waals surface area contributed by atoms with Crippen LogP contribution in [0.2, 0.25) is 0 Å². The summed E-state index contributed by atoms with van der Waals surface area (Å²) in [5.74, 6) is -0.589. The number of hydrogen-bond acceptors (Lipinski definition) is 22. The molecule has 0 saturated carbocycles. The fraction of sp³-hybridized carbons (Fsp3) is 0.875. The maximum absolute atomic E-state index is 14.0. The van der Waals surface area contributed by atoms with E-state index in [-0.39, 0.29) is 219 Å². The smallest absolute Gasteiger partial charge is 0.172 e. The second-order valence-electron chi connectivity index (χ2n) is 35.1. The molecule has 24 bridgehead atoms. The van der Waals surface area contributed by atoms with Gasteiger partial charge in [0.25, 0.3) is 0 Å². The van der Waals surface area contributed by atoms with Crippen LogP contribution in [0.25, 0.3) is 0 Å². The van der Waals surface area contributed by atoms with E-state index in [0.29, 0.717) is 88.9 Å². The lowest BCUT2D eigenvalue weighted by atomic mass is 9.78. The molecular weight excluding hydrogens is 1310 g/mol. The largest absolute Gasteiger partial charge is 0.394 e. The maximum atomic E-state index is 14.0. The van der Waals surface area contributed by atoms with Crippen LogP contribution >= 0.6 is 0 Å². The molecule has 20 heterocycles. The molecule has 0 aliphatic carbocycles. The van der Waals surface area contributed by atoms with E-state index in [1.54, 1.807) is 0 Å². The van der Waals surface area contributed by atoms with Crippen LogP contribution in [0.3, 0.4) is 0 Å². The summed E-state index contributed by atoms with van der Waals surface area (Å²) in [6.45, 7) is 26.4. The predicted octanol–water partition coefficient (Wildman–Crippen LogP) is 8.15. The molecule has 0 aromatic rings. The van der Waals surface area contributed by atoms with Gasteiger partial charge in [-0.3, -0.25) is 9.59 Å². The zero-order valence-electron chi connectivity index (χ0n) is 60.7. The van der Waals surface area contributed by atoms with Crippen LogP contribution in [0.15, 0.2) is 48.6 Å². The van der Waals surface area contributed by atoms with E-state index in [1.807, 2.05) is 0 Å². The zero-order chi connectivity index (χ0) is 70.4. The molecule has 5 N–H and O–H groups in total. The van der Waals surface area contributed by atoms with E-state index in [4.69, 9.17) is 81.5 Å². The maximum Gasteiger partial charge on any atom is 0.172 e. The van der Waals surface area contributed by atoms with Gasteiger partial charge in [0.2, 0.25) is 0 Å². The molecule has 0 radical (unpaired) electrons. The Morgan fingerprint density at radius 1 is 0.402 bits per heavy atom. The number of nitrogens with two attached hydrogens (primary N) is 1. The van der Waals surface area contributed by atoms with Gasteiger partial charge in [-0.15, -0.1) is 0 Å². The molecule has 20 aliphatic heterocycles. The van der Waals surface area contributed by atoms with Crippen LogP contribution in [0.4, 0.5) is 0 Å². The van der Waals surface area contributed by atoms with Crippen molar-refractivity contribution in [3.05, 3.63) is 48.6 Å². The second-order valence-corrected chi connectivity index (χ2v) is 35.1. The highest BCUT2D eigenvalue weighted by molar-refractivity contribution is 5.79.